The number of carboxylic acid groups (broad SMARTS) is 1. The number of hydrogen-bond donors (Lipinski definition) is 1. The predicted octanol–water partition coefficient (Wildman–Crippen LogP) is 1.59. The Kier molecular flexibility index (Phi) is 3.27. The zero-order valence-electron chi connectivity index (χ0n) is 6.95. The fourth-order valence-electron chi connectivity index (χ4n) is 0.910. The van der Waals surface area contributed by atoms with E-state index in [9.17, 15) is 9.59 Å². The average Bonchev–Trinajstić information content (AvgIpc) is 2.15. The minimum absolute atomic E-state index is 0.00755. The van der Waals surface area contributed by atoms with Gasteiger partial charge in [0.15, 0.2) is 6.29 Å². The van der Waals surface area contributed by atoms with Crippen molar-refractivity contribution in [1.29, 1.82) is 0 Å². The van der Waals surface area contributed by atoms with Crippen molar-refractivity contribution in [3.63, 3.8) is 0 Å². The third kappa shape index (κ3) is 2.35. The van der Waals surface area contributed by atoms with Crippen LogP contribution < -0.4 is 0 Å². The third-order valence-corrected chi connectivity index (χ3v) is 1.71. The highest BCUT2D eigenvalue weighted by molar-refractivity contribution is 6.31. The SMILES string of the molecule is O=CC#Cc1ccc(Cl)cc1C(=O)O. The van der Waals surface area contributed by atoms with Gasteiger partial charge in [-0.05, 0) is 24.1 Å². The fraction of sp³-hybridized carbons (Fsp3) is 0. The van der Waals surface area contributed by atoms with Crippen LogP contribution in [0.4, 0.5) is 0 Å². The molecule has 1 rings (SSSR count). The maximum Gasteiger partial charge on any atom is 0.337 e. The Morgan fingerprint density at radius 2 is 2.21 bits per heavy atom. The summed E-state index contributed by atoms with van der Waals surface area (Å²) in [5, 5.41) is 9.09. The second kappa shape index (κ2) is 4.45. The Labute approximate surface area is 85.3 Å². The average molecular weight is 209 g/mol. The van der Waals surface area contributed by atoms with Crippen LogP contribution in [0.2, 0.25) is 5.02 Å². The maximum absolute atomic E-state index is 10.7. The van der Waals surface area contributed by atoms with E-state index in [1.807, 2.05) is 0 Å². The molecule has 0 heterocycles. The Hall–Kier alpha value is -1.79. The van der Waals surface area contributed by atoms with Crippen LogP contribution in [0.3, 0.4) is 0 Å². The van der Waals surface area contributed by atoms with Crippen LogP contribution in [0.25, 0.3) is 0 Å². The summed E-state index contributed by atoms with van der Waals surface area (Å²) in [7, 11) is 0. The molecule has 0 aliphatic heterocycles. The quantitative estimate of drug-likeness (QED) is 0.563. The summed E-state index contributed by atoms with van der Waals surface area (Å²) < 4.78 is 0. The van der Waals surface area contributed by atoms with Gasteiger partial charge in [0.25, 0.3) is 0 Å². The first kappa shape index (κ1) is 10.3. The molecule has 0 saturated heterocycles. The van der Waals surface area contributed by atoms with Gasteiger partial charge < -0.3 is 5.11 Å². The smallest absolute Gasteiger partial charge is 0.337 e. The van der Waals surface area contributed by atoms with Crippen LogP contribution in [0, 0.1) is 11.8 Å². The minimum atomic E-state index is -1.12. The Bertz CT molecular complexity index is 440. The maximum atomic E-state index is 10.7. The lowest BCUT2D eigenvalue weighted by molar-refractivity contribution is -0.103. The Morgan fingerprint density at radius 3 is 2.79 bits per heavy atom. The van der Waals surface area contributed by atoms with Gasteiger partial charge in [0.05, 0.1) is 5.56 Å². The monoisotopic (exact) mass is 208 g/mol. The normalized spacial score (nSPS) is 8.64. The number of aldehydes is 1. The second-order valence-corrected chi connectivity index (χ2v) is 2.82. The summed E-state index contributed by atoms with van der Waals surface area (Å²) in [5.74, 6) is 3.43. The van der Waals surface area contributed by atoms with Crippen LogP contribution in [-0.4, -0.2) is 17.4 Å². The summed E-state index contributed by atoms with van der Waals surface area (Å²) in [6.45, 7) is 0. The van der Waals surface area contributed by atoms with Crippen molar-refractivity contribution < 1.29 is 14.7 Å². The van der Waals surface area contributed by atoms with Gasteiger partial charge in [-0.1, -0.05) is 17.5 Å². The number of carbonyl (C=O) groups excluding carboxylic acids is 1. The second-order valence-electron chi connectivity index (χ2n) is 2.38. The molecule has 0 amide bonds. The van der Waals surface area contributed by atoms with Gasteiger partial charge in [0.2, 0.25) is 0 Å². The zero-order chi connectivity index (χ0) is 10.6. The predicted molar refractivity (Wildman–Crippen MR) is 51.4 cm³/mol. The first-order chi connectivity index (χ1) is 6.65. The molecule has 0 spiro atoms. The van der Waals surface area contributed by atoms with E-state index < -0.39 is 5.97 Å². The topological polar surface area (TPSA) is 54.4 Å². The van der Waals surface area contributed by atoms with Crippen molar-refractivity contribution in [2.75, 3.05) is 0 Å². The van der Waals surface area contributed by atoms with E-state index in [-0.39, 0.29) is 11.1 Å². The number of aromatic carboxylic acids is 1. The number of benzene rings is 1. The molecule has 1 aromatic rings. The lowest BCUT2D eigenvalue weighted by Gasteiger charge is -1.98. The van der Waals surface area contributed by atoms with Gasteiger partial charge in [-0.2, -0.15) is 0 Å². The van der Waals surface area contributed by atoms with Crippen molar-refractivity contribution >= 4 is 23.9 Å². The van der Waals surface area contributed by atoms with Gasteiger partial charge in [0, 0.05) is 10.6 Å². The fourth-order valence-corrected chi connectivity index (χ4v) is 1.08. The number of carbonyl (C=O) groups is 2. The van der Waals surface area contributed by atoms with E-state index in [4.69, 9.17) is 16.7 Å². The largest absolute Gasteiger partial charge is 0.478 e. The van der Waals surface area contributed by atoms with E-state index >= 15 is 0 Å². The molecule has 4 heteroatoms. The molecule has 0 unspecified atom stereocenters. The first-order valence-electron chi connectivity index (χ1n) is 3.63. The Morgan fingerprint density at radius 1 is 1.50 bits per heavy atom. The van der Waals surface area contributed by atoms with E-state index in [1.54, 1.807) is 0 Å². The van der Waals surface area contributed by atoms with Crippen molar-refractivity contribution in [2.45, 2.75) is 0 Å². The van der Waals surface area contributed by atoms with Crippen LogP contribution in [-0.2, 0) is 4.79 Å². The molecule has 14 heavy (non-hydrogen) atoms. The molecule has 0 saturated carbocycles. The van der Waals surface area contributed by atoms with E-state index in [0.717, 1.165) is 0 Å². The van der Waals surface area contributed by atoms with E-state index in [1.165, 1.54) is 18.2 Å². The molecular formula is C10H5ClO3. The molecule has 0 aliphatic carbocycles. The summed E-state index contributed by atoms with van der Waals surface area (Å²) in [6, 6.07) is 4.27. The van der Waals surface area contributed by atoms with E-state index in [0.29, 0.717) is 11.3 Å². The number of rotatable bonds is 1. The van der Waals surface area contributed by atoms with Gasteiger partial charge in [-0.3, -0.25) is 4.79 Å². The highest BCUT2D eigenvalue weighted by Gasteiger charge is 2.08. The van der Waals surface area contributed by atoms with Crippen molar-refractivity contribution in [3.8, 4) is 11.8 Å². The molecule has 1 aromatic carbocycles. The summed E-state index contributed by atoms with van der Waals surface area (Å²) >= 11 is 5.61. The zero-order valence-corrected chi connectivity index (χ0v) is 7.71. The molecule has 0 bridgehead atoms. The number of halogens is 1. The highest BCUT2D eigenvalue weighted by Crippen LogP contribution is 2.15. The molecule has 3 nitrogen and oxygen atoms in total. The van der Waals surface area contributed by atoms with Crippen molar-refractivity contribution in [1.82, 2.24) is 0 Å². The summed E-state index contributed by atoms with van der Waals surface area (Å²) in [6.07, 6.45) is 0.403. The van der Waals surface area contributed by atoms with Gasteiger partial charge >= 0.3 is 5.97 Å². The van der Waals surface area contributed by atoms with Crippen LogP contribution in [0.15, 0.2) is 18.2 Å². The van der Waals surface area contributed by atoms with Crippen LogP contribution >= 0.6 is 11.6 Å². The van der Waals surface area contributed by atoms with Crippen LogP contribution in [0.1, 0.15) is 15.9 Å². The number of hydrogen-bond acceptors (Lipinski definition) is 2. The van der Waals surface area contributed by atoms with Gasteiger partial charge in [-0.25, -0.2) is 4.79 Å². The van der Waals surface area contributed by atoms with Crippen LogP contribution in [0.5, 0.6) is 0 Å². The molecule has 0 fully saturated rings. The lowest BCUT2D eigenvalue weighted by Crippen LogP contribution is -1.99. The van der Waals surface area contributed by atoms with Crippen molar-refractivity contribution in [3.05, 3.63) is 34.3 Å². The first-order valence-corrected chi connectivity index (χ1v) is 4.01. The molecular weight excluding hydrogens is 204 g/mol. The molecule has 0 aromatic heterocycles. The number of carboxylic acids is 1. The molecule has 0 radical (unpaired) electrons. The highest BCUT2D eigenvalue weighted by atomic mass is 35.5. The summed E-state index contributed by atoms with van der Waals surface area (Å²) in [5.41, 5.74) is 0.265. The Balaban J connectivity index is 3.28. The lowest BCUT2D eigenvalue weighted by atomic mass is 10.1. The van der Waals surface area contributed by atoms with Crippen molar-refractivity contribution in [2.24, 2.45) is 0 Å². The standard InChI is InChI=1S/C10H5ClO3/c11-8-4-3-7(2-1-5-12)9(6-8)10(13)14/h3-6H,(H,13,14). The third-order valence-electron chi connectivity index (χ3n) is 1.48. The molecule has 1 N–H and O–H groups in total. The van der Waals surface area contributed by atoms with E-state index in [2.05, 4.69) is 11.8 Å². The van der Waals surface area contributed by atoms with Gasteiger partial charge in [0.1, 0.15) is 0 Å². The molecule has 70 valence electrons. The molecule has 0 aliphatic rings. The van der Waals surface area contributed by atoms with Gasteiger partial charge in [-0.15, -0.1) is 0 Å². The minimum Gasteiger partial charge on any atom is -0.478 e. The summed E-state index contributed by atoms with van der Waals surface area (Å²) in [4.78, 5) is 20.7. The molecule has 0 atom stereocenters.